The summed E-state index contributed by atoms with van der Waals surface area (Å²) < 4.78 is 64.8. The molecule has 0 amide bonds. The van der Waals surface area contributed by atoms with Gasteiger partial charge in [0.2, 0.25) is 20.0 Å². The molecule has 12 nitrogen and oxygen atoms in total. The maximum Gasteiger partial charge on any atom is 0.240 e. The van der Waals surface area contributed by atoms with E-state index in [1.165, 1.54) is 0 Å². The summed E-state index contributed by atoms with van der Waals surface area (Å²) in [6.07, 6.45) is 5.90. The quantitative estimate of drug-likeness (QED) is 0.0568. The normalized spacial score (nSPS) is 13.3. The fraction of sp³-hybridized carbons (Fsp3) is 0.137. The first-order valence-electron chi connectivity index (χ1n) is 21.4. The molecule has 0 saturated heterocycles. The number of para-hydroxylation sites is 3. The molecule has 4 aromatic heterocycles. The van der Waals surface area contributed by atoms with Crippen LogP contribution in [0.4, 0.5) is 5.69 Å². The SMILES string of the molecule is Cn1cc(C(CNS(=O)(=O)c2ccc3cc[nH]c3c2)NCc2ccc(-c3cc4ccc(S(=O)(=O)NCC(Nc5ccccc5)c5cn(C)c6ccccc56)cc4[nH]3)cc2)c2ccccc21. The first kappa shape index (κ1) is 42.0. The zero-order valence-corrected chi connectivity index (χ0v) is 37.4. The third-order valence-electron chi connectivity index (χ3n) is 12.2. The number of aromatic amines is 2. The molecule has 0 aliphatic rings. The third-order valence-corrected chi connectivity index (χ3v) is 15.1. The Balaban J connectivity index is 0.844. The number of rotatable bonds is 16. The topological polar surface area (TPSA) is 158 Å². The minimum atomic E-state index is -3.90. The van der Waals surface area contributed by atoms with Crippen LogP contribution in [0.5, 0.6) is 0 Å². The average molecular weight is 901 g/mol. The number of nitrogens with one attached hydrogen (secondary N) is 6. The molecule has 14 heteroatoms. The van der Waals surface area contributed by atoms with Crippen LogP contribution in [0.3, 0.4) is 0 Å². The lowest BCUT2D eigenvalue weighted by atomic mass is 10.0. The van der Waals surface area contributed by atoms with E-state index in [0.717, 1.165) is 71.7 Å². The number of hydrogen-bond donors (Lipinski definition) is 6. The molecule has 0 aliphatic carbocycles. The molecule has 6 aromatic carbocycles. The van der Waals surface area contributed by atoms with Gasteiger partial charge in [-0.1, -0.05) is 91.0 Å². The van der Waals surface area contributed by atoms with Crippen molar-refractivity contribution in [3.8, 4) is 11.3 Å². The van der Waals surface area contributed by atoms with Gasteiger partial charge in [-0.3, -0.25) is 0 Å². The van der Waals surface area contributed by atoms with E-state index in [1.807, 2.05) is 111 Å². The molecule has 4 heterocycles. The van der Waals surface area contributed by atoms with Crippen molar-refractivity contribution in [3.63, 3.8) is 0 Å². The van der Waals surface area contributed by atoms with Crippen LogP contribution in [-0.2, 0) is 40.7 Å². The molecule has 10 aromatic rings. The molecule has 6 N–H and O–H groups in total. The largest absolute Gasteiger partial charge is 0.377 e. The monoisotopic (exact) mass is 900 g/mol. The van der Waals surface area contributed by atoms with Crippen molar-refractivity contribution < 1.29 is 16.8 Å². The van der Waals surface area contributed by atoms with Crippen LogP contribution < -0.4 is 20.1 Å². The Labute approximate surface area is 377 Å². The molecule has 10 rings (SSSR count). The van der Waals surface area contributed by atoms with Gasteiger partial charge in [0.05, 0.1) is 15.8 Å². The van der Waals surface area contributed by atoms with Gasteiger partial charge in [-0.25, -0.2) is 26.3 Å². The second kappa shape index (κ2) is 17.2. The summed E-state index contributed by atoms with van der Waals surface area (Å²) in [4.78, 5) is 6.91. The number of fused-ring (bicyclic) bond motifs is 4. The van der Waals surface area contributed by atoms with Gasteiger partial charge in [0.15, 0.2) is 0 Å². The summed E-state index contributed by atoms with van der Waals surface area (Å²) in [6.45, 7) is 0.742. The van der Waals surface area contributed by atoms with E-state index < -0.39 is 20.0 Å². The van der Waals surface area contributed by atoms with Gasteiger partial charge < -0.3 is 29.7 Å². The predicted octanol–water partition coefficient (Wildman–Crippen LogP) is 9.24. The molecular weight excluding hydrogens is 853 g/mol. The van der Waals surface area contributed by atoms with E-state index in [9.17, 15) is 16.8 Å². The van der Waals surface area contributed by atoms with Gasteiger partial charge in [0, 0.05) is 114 Å². The van der Waals surface area contributed by atoms with Crippen LogP contribution in [0, 0.1) is 0 Å². The number of aryl methyl sites for hydroxylation is 2. The summed E-state index contributed by atoms with van der Waals surface area (Å²) in [5.74, 6) is 0. The molecule has 0 aliphatic heterocycles. The van der Waals surface area contributed by atoms with E-state index in [2.05, 4.69) is 75.8 Å². The average Bonchev–Trinajstić information content (AvgIpc) is 4.13. The van der Waals surface area contributed by atoms with Gasteiger partial charge >= 0.3 is 0 Å². The number of aromatic nitrogens is 4. The highest BCUT2D eigenvalue weighted by atomic mass is 32.2. The maximum atomic E-state index is 13.9. The lowest BCUT2D eigenvalue weighted by molar-refractivity contribution is 0.514. The molecule has 2 atom stereocenters. The molecule has 0 saturated carbocycles. The van der Waals surface area contributed by atoms with E-state index in [4.69, 9.17) is 0 Å². The predicted molar refractivity (Wildman–Crippen MR) is 261 cm³/mol. The first-order valence-corrected chi connectivity index (χ1v) is 24.4. The molecule has 0 spiro atoms. The smallest absolute Gasteiger partial charge is 0.240 e. The molecular formula is C51H48N8O4S2. The van der Waals surface area contributed by atoms with Crippen LogP contribution in [0.1, 0.15) is 28.8 Å². The second-order valence-corrected chi connectivity index (χ2v) is 20.0. The standard InChI is InChI=1S/C51H48N8O4S2/c1-58-32-43(41-12-6-8-14-50(41)58)48(30-54-64(60,61)39-22-20-36-24-25-52-45(36)27-39)53-29-34-16-18-35(19-17-34)46-26-37-21-23-40(28-47(37)57-46)65(62,63)55-31-49(56-38-10-4-3-5-11-38)44-33-59(2)51-15-9-7-13-42(44)51/h3-28,32-33,48-49,52-57H,29-31H2,1-2H3. The van der Waals surface area contributed by atoms with E-state index >= 15 is 0 Å². The zero-order valence-electron chi connectivity index (χ0n) is 35.8. The fourth-order valence-corrected chi connectivity index (χ4v) is 10.9. The zero-order chi connectivity index (χ0) is 44.7. The summed E-state index contributed by atoms with van der Waals surface area (Å²) >= 11 is 0. The van der Waals surface area contributed by atoms with E-state index in [-0.39, 0.29) is 35.0 Å². The lowest BCUT2D eigenvalue weighted by Crippen LogP contribution is -2.34. The van der Waals surface area contributed by atoms with Gasteiger partial charge in [0.25, 0.3) is 0 Å². The summed E-state index contributed by atoms with van der Waals surface area (Å²) in [7, 11) is -3.72. The van der Waals surface area contributed by atoms with Crippen molar-refractivity contribution in [2.75, 3.05) is 18.4 Å². The lowest BCUT2D eigenvalue weighted by Gasteiger charge is -2.20. The van der Waals surface area contributed by atoms with Crippen LogP contribution in [0.2, 0.25) is 0 Å². The third kappa shape index (κ3) is 8.57. The van der Waals surface area contributed by atoms with Crippen molar-refractivity contribution >= 4 is 69.3 Å². The Kier molecular flexibility index (Phi) is 11.1. The van der Waals surface area contributed by atoms with Crippen LogP contribution in [-0.4, -0.2) is 49.0 Å². The Morgan fingerprint density at radius 2 is 1.14 bits per heavy atom. The van der Waals surface area contributed by atoms with Gasteiger partial charge in [-0.15, -0.1) is 0 Å². The number of nitrogens with zero attached hydrogens (tertiary/aromatic N) is 2. The first-order chi connectivity index (χ1) is 31.5. The van der Waals surface area contributed by atoms with Gasteiger partial charge in [0.1, 0.15) is 0 Å². The van der Waals surface area contributed by atoms with E-state index in [0.29, 0.717) is 12.1 Å². The van der Waals surface area contributed by atoms with Crippen LogP contribution in [0.25, 0.3) is 54.9 Å². The minimum Gasteiger partial charge on any atom is -0.377 e. The van der Waals surface area contributed by atoms with Gasteiger partial charge in [-0.2, -0.15) is 0 Å². The molecule has 2 unspecified atom stereocenters. The molecule has 328 valence electrons. The highest BCUT2D eigenvalue weighted by molar-refractivity contribution is 7.89. The summed E-state index contributed by atoms with van der Waals surface area (Å²) in [5.41, 5.74) is 9.26. The fourth-order valence-electron chi connectivity index (χ4n) is 8.79. The summed E-state index contributed by atoms with van der Waals surface area (Å²) in [6, 6.07) is 47.6. The number of hydrogen-bond acceptors (Lipinski definition) is 6. The Hall–Kier alpha value is -6.94. The van der Waals surface area contributed by atoms with Gasteiger partial charge in [-0.05, 0) is 82.7 Å². The summed E-state index contributed by atoms with van der Waals surface area (Å²) in [5, 5.41) is 11.1. The van der Waals surface area contributed by atoms with Crippen molar-refractivity contribution in [3.05, 3.63) is 187 Å². The maximum absolute atomic E-state index is 13.9. The number of benzene rings is 6. The molecule has 0 radical (unpaired) electrons. The number of H-pyrrole nitrogens is 2. The highest BCUT2D eigenvalue weighted by Gasteiger charge is 2.24. The van der Waals surface area contributed by atoms with Crippen LogP contribution in [0.15, 0.2) is 180 Å². The Bertz CT molecular complexity index is 3560. The van der Waals surface area contributed by atoms with Crippen LogP contribution >= 0.6 is 0 Å². The molecule has 0 bridgehead atoms. The highest BCUT2D eigenvalue weighted by Crippen LogP contribution is 2.31. The Morgan fingerprint density at radius 3 is 1.80 bits per heavy atom. The number of anilines is 1. The number of sulfonamides is 2. The second-order valence-electron chi connectivity index (χ2n) is 16.5. The Morgan fingerprint density at radius 1 is 0.569 bits per heavy atom. The van der Waals surface area contributed by atoms with E-state index in [1.54, 1.807) is 36.5 Å². The minimum absolute atomic E-state index is 0.129. The van der Waals surface area contributed by atoms with Crippen molar-refractivity contribution in [2.24, 2.45) is 14.1 Å². The van der Waals surface area contributed by atoms with Crippen molar-refractivity contribution in [1.82, 2.24) is 33.9 Å². The molecule has 0 fully saturated rings. The van der Waals surface area contributed by atoms with Crippen molar-refractivity contribution in [1.29, 1.82) is 0 Å². The molecule has 65 heavy (non-hydrogen) atoms. The van der Waals surface area contributed by atoms with Crippen molar-refractivity contribution in [2.45, 2.75) is 28.4 Å².